The van der Waals surface area contributed by atoms with Gasteiger partial charge in [0.1, 0.15) is 5.84 Å². The molecule has 0 bridgehead atoms. The predicted molar refractivity (Wildman–Crippen MR) is 96.8 cm³/mol. The van der Waals surface area contributed by atoms with Gasteiger partial charge in [0.25, 0.3) is 0 Å². The van der Waals surface area contributed by atoms with Crippen molar-refractivity contribution < 1.29 is 14.7 Å². The number of amidine groups is 1. The van der Waals surface area contributed by atoms with Crippen molar-refractivity contribution in [2.75, 3.05) is 18.5 Å². The number of nitrogens with two attached hydrogens (primary N) is 1. The Kier molecular flexibility index (Phi) is 6.49. The number of hydrogen-bond acceptors (Lipinski definition) is 5. The lowest BCUT2D eigenvalue weighted by molar-refractivity contribution is -0.121. The molecule has 0 saturated heterocycles. The van der Waals surface area contributed by atoms with E-state index in [-0.39, 0.29) is 19.0 Å². The van der Waals surface area contributed by atoms with Gasteiger partial charge in [0, 0.05) is 0 Å². The molecule has 0 radical (unpaired) electrons. The van der Waals surface area contributed by atoms with E-state index in [0.717, 1.165) is 16.9 Å². The molecular formula is C16H19N5O3S. The second kappa shape index (κ2) is 8.81. The van der Waals surface area contributed by atoms with E-state index in [1.54, 1.807) is 24.3 Å². The van der Waals surface area contributed by atoms with Crippen LogP contribution in [-0.2, 0) is 4.79 Å². The summed E-state index contributed by atoms with van der Waals surface area (Å²) in [4.78, 5) is 24.3. The van der Waals surface area contributed by atoms with Gasteiger partial charge in [-0.1, -0.05) is 30.3 Å². The van der Waals surface area contributed by atoms with E-state index >= 15 is 0 Å². The van der Waals surface area contributed by atoms with Gasteiger partial charge in [-0.3, -0.25) is 15.5 Å². The van der Waals surface area contributed by atoms with Crippen LogP contribution in [0.1, 0.15) is 16.5 Å². The number of benzene rings is 1. The van der Waals surface area contributed by atoms with Crippen molar-refractivity contribution in [3.63, 3.8) is 0 Å². The molecule has 3 amide bonds. The van der Waals surface area contributed by atoms with Gasteiger partial charge in [-0.2, -0.15) is 0 Å². The number of nitrogen functional groups attached to an aromatic ring is 1. The highest BCUT2D eigenvalue weighted by atomic mass is 32.1. The molecule has 25 heavy (non-hydrogen) atoms. The Bertz CT molecular complexity index is 747. The van der Waals surface area contributed by atoms with E-state index in [0.29, 0.717) is 9.88 Å². The van der Waals surface area contributed by atoms with Crippen molar-refractivity contribution in [1.82, 2.24) is 10.6 Å². The third kappa shape index (κ3) is 5.59. The summed E-state index contributed by atoms with van der Waals surface area (Å²) < 4.78 is 0. The number of rotatable bonds is 7. The lowest BCUT2D eigenvalue weighted by Gasteiger charge is -2.17. The molecule has 1 atom stereocenters. The number of urea groups is 1. The first kappa shape index (κ1) is 18.4. The van der Waals surface area contributed by atoms with Crippen LogP contribution in [0, 0.1) is 5.41 Å². The molecule has 1 heterocycles. The minimum absolute atomic E-state index is 0.0752. The molecular weight excluding hydrogens is 342 g/mol. The minimum atomic E-state index is -0.549. The molecule has 2 rings (SSSR count). The number of aliphatic hydroxyl groups excluding tert-OH is 1. The number of anilines is 1. The Morgan fingerprint density at radius 2 is 1.92 bits per heavy atom. The van der Waals surface area contributed by atoms with Crippen LogP contribution >= 0.6 is 11.3 Å². The van der Waals surface area contributed by atoms with E-state index in [2.05, 4.69) is 16.0 Å². The molecule has 1 aromatic heterocycles. The Morgan fingerprint density at radius 3 is 2.52 bits per heavy atom. The number of nitrogens with one attached hydrogen (secondary N) is 4. The highest BCUT2D eigenvalue weighted by Crippen LogP contribution is 2.20. The normalized spacial score (nSPS) is 11.4. The highest BCUT2D eigenvalue weighted by Gasteiger charge is 2.14. The second-order valence-electron chi connectivity index (χ2n) is 5.10. The number of thiophene rings is 1. The Morgan fingerprint density at radius 1 is 1.20 bits per heavy atom. The van der Waals surface area contributed by atoms with Gasteiger partial charge < -0.3 is 21.5 Å². The maximum atomic E-state index is 11.9. The van der Waals surface area contributed by atoms with Crippen LogP contribution in [0.25, 0.3) is 0 Å². The standard InChI is InChI=1S/C16H19N5O3S/c17-15(18)12-6-7-14(25-12)21-16(24)19-8-13(23)20-11(9-22)10-4-2-1-3-5-10/h1-7,11,22H,8-9H2,(H3,17,18)(H,20,23)(H2,19,21,24)/t11-/m1/s1. The topological polar surface area (TPSA) is 140 Å². The fourth-order valence-electron chi connectivity index (χ4n) is 2.03. The summed E-state index contributed by atoms with van der Waals surface area (Å²) >= 11 is 1.16. The summed E-state index contributed by atoms with van der Waals surface area (Å²) in [6, 6.07) is 11.2. The van der Waals surface area contributed by atoms with Crippen LogP contribution < -0.4 is 21.7 Å². The quantitative estimate of drug-likeness (QED) is 0.323. The molecule has 0 unspecified atom stereocenters. The first-order valence-corrected chi connectivity index (χ1v) is 8.25. The number of carbonyl (C=O) groups excluding carboxylic acids is 2. The molecule has 132 valence electrons. The molecule has 0 saturated carbocycles. The van der Waals surface area contributed by atoms with Crippen molar-refractivity contribution in [1.29, 1.82) is 5.41 Å². The Labute approximate surface area is 148 Å². The fourth-order valence-corrected chi connectivity index (χ4v) is 2.79. The van der Waals surface area contributed by atoms with E-state index in [1.807, 2.05) is 18.2 Å². The molecule has 2 aromatic rings. The van der Waals surface area contributed by atoms with Crippen LogP contribution in [0.5, 0.6) is 0 Å². The van der Waals surface area contributed by atoms with Gasteiger partial charge in [-0.05, 0) is 17.7 Å². The third-order valence-corrected chi connectivity index (χ3v) is 4.27. The zero-order valence-electron chi connectivity index (χ0n) is 13.3. The molecule has 0 spiro atoms. The molecule has 0 fully saturated rings. The summed E-state index contributed by atoms with van der Waals surface area (Å²) in [5, 5.41) is 24.9. The number of carbonyl (C=O) groups is 2. The third-order valence-electron chi connectivity index (χ3n) is 3.24. The summed E-state index contributed by atoms with van der Waals surface area (Å²) in [5.41, 5.74) is 6.13. The fraction of sp³-hybridized carbons (Fsp3) is 0.188. The molecule has 0 aliphatic rings. The SMILES string of the molecule is N=C(N)c1ccc(NC(=O)NCC(=O)N[C@H](CO)c2ccccc2)s1. The van der Waals surface area contributed by atoms with Gasteiger partial charge in [0.05, 0.1) is 29.1 Å². The summed E-state index contributed by atoms with van der Waals surface area (Å²) in [7, 11) is 0. The summed E-state index contributed by atoms with van der Waals surface area (Å²) in [6.45, 7) is -0.481. The average Bonchev–Trinajstić information content (AvgIpc) is 3.07. The smallest absolute Gasteiger partial charge is 0.320 e. The maximum absolute atomic E-state index is 11.9. The van der Waals surface area contributed by atoms with Gasteiger partial charge in [0.2, 0.25) is 5.91 Å². The maximum Gasteiger partial charge on any atom is 0.320 e. The highest BCUT2D eigenvalue weighted by molar-refractivity contribution is 7.18. The van der Waals surface area contributed by atoms with E-state index in [9.17, 15) is 14.7 Å². The molecule has 8 nitrogen and oxygen atoms in total. The van der Waals surface area contributed by atoms with Crippen molar-refractivity contribution in [3.8, 4) is 0 Å². The monoisotopic (exact) mass is 361 g/mol. The molecule has 1 aromatic carbocycles. The lowest BCUT2D eigenvalue weighted by Crippen LogP contribution is -2.41. The van der Waals surface area contributed by atoms with Crippen molar-refractivity contribution in [3.05, 3.63) is 52.9 Å². The molecule has 0 aliphatic heterocycles. The second-order valence-corrected chi connectivity index (χ2v) is 6.18. The van der Waals surface area contributed by atoms with Gasteiger partial charge >= 0.3 is 6.03 Å². The molecule has 0 aliphatic carbocycles. The van der Waals surface area contributed by atoms with Gasteiger partial charge in [-0.25, -0.2) is 4.79 Å². The Balaban J connectivity index is 1.80. The van der Waals surface area contributed by atoms with Crippen LogP contribution in [0.2, 0.25) is 0 Å². The first-order valence-electron chi connectivity index (χ1n) is 7.44. The van der Waals surface area contributed by atoms with E-state index in [4.69, 9.17) is 11.1 Å². The predicted octanol–water partition coefficient (Wildman–Crippen LogP) is 1.00. The average molecular weight is 361 g/mol. The largest absolute Gasteiger partial charge is 0.394 e. The summed E-state index contributed by atoms with van der Waals surface area (Å²) in [6.07, 6.45) is 0. The molecule has 9 heteroatoms. The van der Waals surface area contributed by atoms with Crippen molar-refractivity contribution >= 4 is 34.1 Å². The Hall–Kier alpha value is -2.91. The van der Waals surface area contributed by atoms with Crippen molar-refractivity contribution in [2.24, 2.45) is 5.73 Å². The first-order chi connectivity index (χ1) is 12.0. The van der Waals surface area contributed by atoms with E-state index in [1.165, 1.54) is 0 Å². The van der Waals surface area contributed by atoms with Crippen molar-refractivity contribution in [2.45, 2.75) is 6.04 Å². The zero-order chi connectivity index (χ0) is 18.2. The van der Waals surface area contributed by atoms with Crippen LogP contribution in [0.15, 0.2) is 42.5 Å². The summed E-state index contributed by atoms with van der Waals surface area (Å²) in [5.74, 6) is -0.498. The zero-order valence-corrected chi connectivity index (χ0v) is 14.1. The minimum Gasteiger partial charge on any atom is -0.394 e. The number of hydrogen-bond donors (Lipinski definition) is 6. The molecule has 7 N–H and O–H groups in total. The van der Waals surface area contributed by atoms with Crippen LogP contribution in [0.3, 0.4) is 0 Å². The van der Waals surface area contributed by atoms with E-state index < -0.39 is 18.0 Å². The van der Waals surface area contributed by atoms with Crippen LogP contribution in [-0.4, -0.2) is 36.0 Å². The van der Waals surface area contributed by atoms with Gasteiger partial charge in [0.15, 0.2) is 0 Å². The lowest BCUT2D eigenvalue weighted by atomic mass is 10.1. The van der Waals surface area contributed by atoms with Crippen LogP contribution in [0.4, 0.5) is 9.80 Å². The van der Waals surface area contributed by atoms with Gasteiger partial charge in [-0.15, -0.1) is 11.3 Å². The number of amides is 3. The number of aliphatic hydroxyl groups is 1.